The highest BCUT2D eigenvalue weighted by Crippen LogP contribution is 2.10. The van der Waals surface area contributed by atoms with Crippen LogP contribution in [0.2, 0.25) is 0 Å². The van der Waals surface area contributed by atoms with Gasteiger partial charge in [-0.2, -0.15) is 5.10 Å². The molecule has 0 bridgehead atoms. The number of nitrogens with zero attached hydrogens (tertiary/aromatic N) is 4. The molecule has 6 nitrogen and oxygen atoms in total. The van der Waals surface area contributed by atoms with E-state index in [2.05, 4.69) is 25.4 Å². The average molecular weight is 293 g/mol. The second kappa shape index (κ2) is 6.71. The highest BCUT2D eigenvalue weighted by atomic mass is 32.1. The number of rotatable bonds is 2. The van der Waals surface area contributed by atoms with Crippen molar-refractivity contribution in [1.29, 1.82) is 0 Å². The lowest BCUT2D eigenvalue weighted by molar-refractivity contribution is -0.0481. The topological polar surface area (TPSA) is 62.6 Å². The zero-order valence-electron chi connectivity index (χ0n) is 11.9. The van der Waals surface area contributed by atoms with Gasteiger partial charge in [-0.1, -0.05) is 0 Å². The molecule has 0 aliphatic carbocycles. The molecule has 2 unspecified atom stereocenters. The molecule has 0 saturated carbocycles. The summed E-state index contributed by atoms with van der Waals surface area (Å²) >= 11 is 5.36. The van der Waals surface area contributed by atoms with Gasteiger partial charge in [0.1, 0.15) is 5.71 Å². The van der Waals surface area contributed by atoms with Crippen molar-refractivity contribution in [3.05, 3.63) is 24.3 Å². The van der Waals surface area contributed by atoms with Crippen molar-refractivity contribution in [3.8, 4) is 0 Å². The molecule has 1 saturated heterocycles. The Morgan fingerprint density at radius 3 is 2.55 bits per heavy atom. The molecule has 1 aliphatic rings. The van der Waals surface area contributed by atoms with Gasteiger partial charge in [0.05, 0.1) is 12.2 Å². The first-order valence-electron chi connectivity index (χ1n) is 6.58. The smallest absolute Gasteiger partial charge is 0.189 e. The van der Waals surface area contributed by atoms with Crippen LogP contribution in [0.4, 0.5) is 0 Å². The van der Waals surface area contributed by atoms with Crippen molar-refractivity contribution in [2.75, 3.05) is 13.1 Å². The normalized spacial score (nSPS) is 23.6. The van der Waals surface area contributed by atoms with Crippen LogP contribution in [0.15, 0.2) is 23.6 Å². The van der Waals surface area contributed by atoms with Crippen molar-refractivity contribution in [2.45, 2.75) is 33.0 Å². The van der Waals surface area contributed by atoms with Crippen molar-refractivity contribution >= 4 is 23.0 Å². The fourth-order valence-electron chi connectivity index (χ4n) is 2.08. The quantitative estimate of drug-likeness (QED) is 0.502. The molecule has 0 spiro atoms. The predicted octanol–water partition coefficient (Wildman–Crippen LogP) is 1.18. The Morgan fingerprint density at radius 2 is 1.95 bits per heavy atom. The Balaban J connectivity index is 1.94. The van der Waals surface area contributed by atoms with E-state index in [4.69, 9.17) is 17.0 Å². The van der Waals surface area contributed by atoms with E-state index in [0.717, 1.165) is 13.1 Å². The Labute approximate surface area is 124 Å². The number of hydrogen-bond acceptors (Lipinski definition) is 5. The van der Waals surface area contributed by atoms with E-state index in [1.54, 1.807) is 18.5 Å². The van der Waals surface area contributed by atoms with Gasteiger partial charge in [0.2, 0.25) is 0 Å². The van der Waals surface area contributed by atoms with Crippen LogP contribution in [0.25, 0.3) is 0 Å². The molecule has 20 heavy (non-hydrogen) atoms. The Hall–Kier alpha value is -1.60. The van der Waals surface area contributed by atoms with Crippen molar-refractivity contribution in [3.63, 3.8) is 0 Å². The van der Waals surface area contributed by atoms with E-state index in [-0.39, 0.29) is 12.2 Å². The largest absolute Gasteiger partial charge is 0.372 e. The van der Waals surface area contributed by atoms with Gasteiger partial charge in [-0.15, -0.1) is 0 Å². The molecule has 0 radical (unpaired) electrons. The SMILES string of the molecule is C/C(=N/NC(=S)N1CC(C)OC(C)C1)c1ncccn1. The molecule has 1 aromatic heterocycles. The minimum absolute atomic E-state index is 0.168. The number of aromatic nitrogens is 2. The van der Waals surface area contributed by atoms with Crippen molar-refractivity contribution in [2.24, 2.45) is 5.10 Å². The van der Waals surface area contributed by atoms with Gasteiger partial charge in [-0.05, 0) is 39.1 Å². The third kappa shape index (κ3) is 3.94. The number of thiocarbonyl (C=S) groups is 1. The first kappa shape index (κ1) is 14.8. The van der Waals surface area contributed by atoms with E-state index in [9.17, 15) is 0 Å². The molecule has 0 aromatic carbocycles. The lowest BCUT2D eigenvalue weighted by Crippen LogP contribution is -2.50. The summed E-state index contributed by atoms with van der Waals surface area (Å²) in [5, 5.41) is 4.84. The Bertz CT molecular complexity index is 483. The van der Waals surface area contributed by atoms with Gasteiger partial charge >= 0.3 is 0 Å². The van der Waals surface area contributed by atoms with Crippen LogP contribution >= 0.6 is 12.2 Å². The molecule has 2 rings (SSSR count). The molecular weight excluding hydrogens is 274 g/mol. The fourth-order valence-corrected chi connectivity index (χ4v) is 2.28. The summed E-state index contributed by atoms with van der Waals surface area (Å²) in [4.78, 5) is 10.3. The second-order valence-electron chi connectivity index (χ2n) is 4.85. The molecule has 0 amide bonds. The molecular formula is C13H19N5OS. The standard InChI is InChI=1S/C13H19N5OS/c1-9-7-18(8-10(2)19-9)13(20)17-16-11(3)12-14-5-4-6-15-12/h4-6,9-10H,7-8H2,1-3H3,(H,17,20)/b16-11-. The number of hydrazone groups is 1. The van der Waals surface area contributed by atoms with E-state index in [0.29, 0.717) is 16.6 Å². The average Bonchev–Trinajstić information content (AvgIpc) is 2.44. The maximum atomic E-state index is 5.68. The summed E-state index contributed by atoms with van der Waals surface area (Å²) in [5.74, 6) is 0.589. The zero-order valence-corrected chi connectivity index (χ0v) is 12.7. The van der Waals surface area contributed by atoms with Gasteiger partial charge < -0.3 is 9.64 Å². The summed E-state index contributed by atoms with van der Waals surface area (Å²) in [5.41, 5.74) is 3.60. The van der Waals surface area contributed by atoms with E-state index < -0.39 is 0 Å². The molecule has 1 aliphatic heterocycles. The summed E-state index contributed by atoms with van der Waals surface area (Å²) in [7, 11) is 0. The third-order valence-corrected chi connectivity index (χ3v) is 3.26. The maximum Gasteiger partial charge on any atom is 0.189 e. The molecule has 7 heteroatoms. The molecule has 1 aromatic rings. The second-order valence-corrected chi connectivity index (χ2v) is 5.24. The first-order valence-corrected chi connectivity index (χ1v) is 6.99. The lowest BCUT2D eigenvalue weighted by Gasteiger charge is -2.36. The highest BCUT2D eigenvalue weighted by Gasteiger charge is 2.23. The molecule has 2 atom stereocenters. The van der Waals surface area contributed by atoms with Crippen LogP contribution in [0.3, 0.4) is 0 Å². The van der Waals surface area contributed by atoms with Gasteiger partial charge in [-0.3, -0.25) is 5.43 Å². The van der Waals surface area contributed by atoms with Crippen molar-refractivity contribution < 1.29 is 4.74 Å². The van der Waals surface area contributed by atoms with Gasteiger partial charge in [0, 0.05) is 25.5 Å². The summed E-state index contributed by atoms with van der Waals surface area (Å²) in [6.45, 7) is 7.46. The number of morpholine rings is 1. The number of ether oxygens (including phenoxy) is 1. The minimum atomic E-state index is 0.168. The minimum Gasteiger partial charge on any atom is -0.372 e. The summed E-state index contributed by atoms with van der Waals surface area (Å²) in [6.07, 6.45) is 3.71. The summed E-state index contributed by atoms with van der Waals surface area (Å²) < 4.78 is 5.68. The zero-order chi connectivity index (χ0) is 14.5. The van der Waals surface area contributed by atoms with Gasteiger partial charge in [-0.25, -0.2) is 9.97 Å². The van der Waals surface area contributed by atoms with Crippen LogP contribution in [-0.4, -0.2) is 51.0 Å². The molecule has 108 valence electrons. The van der Waals surface area contributed by atoms with Crippen LogP contribution in [0.1, 0.15) is 26.6 Å². The van der Waals surface area contributed by atoms with E-state index in [1.165, 1.54) is 0 Å². The third-order valence-electron chi connectivity index (χ3n) is 2.92. The lowest BCUT2D eigenvalue weighted by atomic mass is 10.2. The number of hydrogen-bond donors (Lipinski definition) is 1. The van der Waals surface area contributed by atoms with E-state index in [1.807, 2.05) is 20.8 Å². The Morgan fingerprint density at radius 1 is 1.35 bits per heavy atom. The molecule has 2 heterocycles. The predicted molar refractivity (Wildman–Crippen MR) is 81.6 cm³/mol. The van der Waals surface area contributed by atoms with Gasteiger partial charge in [0.25, 0.3) is 0 Å². The fraction of sp³-hybridized carbons (Fsp3) is 0.538. The molecule has 1 N–H and O–H groups in total. The van der Waals surface area contributed by atoms with Crippen LogP contribution in [0.5, 0.6) is 0 Å². The maximum absolute atomic E-state index is 5.68. The first-order chi connectivity index (χ1) is 9.56. The summed E-state index contributed by atoms with van der Waals surface area (Å²) in [6, 6.07) is 1.77. The Kier molecular flexibility index (Phi) is 4.97. The van der Waals surface area contributed by atoms with E-state index >= 15 is 0 Å². The van der Waals surface area contributed by atoms with Crippen LogP contribution in [0, 0.1) is 0 Å². The van der Waals surface area contributed by atoms with Crippen molar-refractivity contribution in [1.82, 2.24) is 20.3 Å². The monoisotopic (exact) mass is 293 g/mol. The van der Waals surface area contributed by atoms with Gasteiger partial charge in [0.15, 0.2) is 10.9 Å². The number of nitrogens with one attached hydrogen (secondary N) is 1. The molecule has 1 fully saturated rings. The highest BCUT2D eigenvalue weighted by molar-refractivity contribution is 7.80. The van der Waals surface area contributed by atoms with Crippen LogP contribution < -0.4 is 5.43 Å². The van der Waals surface area contributed by atoms with Crippen LogP contribution in [-0.2, 0) is 4.74 Å².